The lowest BCUT2D eigenvalue weighted by molar-refractivity contribution is 0.426. The summed E-state index contributed by atoms with van der Waals surface area (Å²) < 4.78 is 17.6. The fourth-order valence-corrected chi connectivity index (χ4v) is 3.98. The topological polar surface area (TPSA) is 103 Å². The fourth-order valence-electron chi connectivity index (χ4n) is 3.16. The van der Waals surface area contributed by atoms with Crippen LogP contribution in [-0.2, 0) is 0 Å². The lowest BCUT2D eigenvalue weighted by Gasteiger charge is -2.03. The van der Waals surface area contributed by atoms with Gasteiger partial charge in [-0.1, -0.05) is 92.5 Å². The van der Waals surface area contributed by atoms with Gasteiger partial charge in [-0.25, -0.2) is 0 Å². The van der Waals surface area contributed by atoms with Crippen molar-refractivity contribution in [1.82, 2.24) is 4.98 Å². The highest BCUT2D eigenvalue weighted by atomic mass is 79.9. The smallest absolute Gasteiger partial charge is 0.423 e. The minimum atomic E-state index is -1.34. The number of pyridine rings is 1. The number of nitrogens with one attached hydrogen (secondary N) is 2. The van der Waals surface area contributed by atoms with E-state index in [4.69, 9.17) is 17.2 Å². The van der Waals surface area contributed by atoms with Gasteiger partial charge in [0, 0.05) is 58.1 Å². The van der Waals surface area contributed by atoms with Crippen LogP contribution in [0.15, 0.2) is 137 Å². The van der Waals surface area contributed by atoms with E-state index >= 15 is 0 Å². The van der Waals surface area contributed by atoms with Gasteiger partial charge >= 0.3 is 7.12 Å². The van der Waals surface area contributed by atoms with Crippen LogP contribution >= 0.6 is 31.9 Å². The molecule has 0 amide bonds. The molecule has 1 aromatic heterocycles. The third-order valence-corrected chi connectivity index (χ3v) is 6.19. The van der Waals surface area contributed by atoms with E-state index in [0.29, 0.717) is 5.46 Å². The van der Waals surface area contributed by atoms with E-state index in [2.05, 4.69) is 65.7 Å². The molecule has 0 bridgehead atoms. The summed E-state index contributed by atoms with van der Waals surface area (Å²) in [4.78, 5) is 4.10. The molecule has 5 rings (SSSR count). The van der Waals surface area contributed by atoms with Crippen LogP contribution in [0.3, 0.4) is 0 Å². The average Bonchev–Trinajstić information content (AvgIpc) is 3.03. The summed E-state index contributed by atoms with van der Waals surface area (Å²) in [7, 11) is 1.48. The van der Waals surface area contributed by atoms with Gasteiger partial charge in [-0.05, 0) is 65.6 Å². The van der Waals surface area contributed by atoms with Gasteiger partial charge < -0.3 is 26.4 Å². The summed E-state index contributed by atoms with van der Waals surface area (Å²) in [6, 6.07) is 36.5. The third kappa shape index (κ3) is 15.3. The summed E-state index contributed by atoms with van der Waals surface area (Å²) >= 11 is 6.64. The molecule has 0 atom stereocenters. The molecule has 5 aromatic rings. The molecule has 4 aromatic carbocycles. The predicted octanol–water partition coefficient (Wildman–Crippen LogP) is 7.26. The summed E-state index contributed by atoms with van der Waals surface area (Å²) in [5, 5.41) is 23.3. The summed E-state index contributed by atoms with van der Waals surface area (Å²) in [6.45, 7) is 0. The van der Waals surface area contributed by atoms with Gasteiger partial charge in [0.15, 0.2) is 0 Å². The minimum absolute atomic E-state index is 0.525. The molecule has 10 heteroatoms. The van der Waals surface area contributed by atoms with Gasteiger partial charge in [-0.2, -0.15) is 0 Å². The van der Waals surface area contributed by atoms with Crippen LogP contribution in [-0.4, -0.2) is 43.4 Å². The Bertz CT molecular complexity index is 1410. The number of nitrogen functional groups attached to an aromatic ring is 1. The lowest BCUT2D eigenvalue weighted by Crippen LogP contribution is -2.29. The van der Waals surface area contributed by atoms with Gasteiger partial charge in [0.25, 0.3) is 0 Å². The van der Waals surface area contributed by atoms with Crippen molar-refractivity contribution in [3.8, 4) is 11.1 Å². The normalized spacial score (nSPS) is 9.36. The first-order valence-corrected chi connectivity index (χ1v) is 14.2. The maximum absolute atomic E-state index is 9.96. The summed E-state index contributed by atoms with van der Waals surface area (Å²) in [5.74, 6) is 0. The van der Waals surface area contributed by atoms with Crippen molar-refractivity contribution in [3.63, 3.8) is 0 Å². The van der Waals surface area contributed by atoms with Crippen LogP contribution in [0.4, 0.5) is 21.5 Å². The van der Waals surface area contributed by atoms with Gasteiger partial charge in [-0.15, -0.1) is 0 Å². The standard InChI is InChI=1S/C12H12N2.C7H8BrN.C6H7BO2.C6H6BrN.CH3F/c1-13-12-6-2-4-10(8-12)11-5-3-7-14-9-11;1-9-7-4-2-3-6(8)5-7;8-7(9)6-4-2-1-3-5-6;7-5-2-1-3-6(8)4-5;1-2/h2-9,13H,1H3;2-5,9H,1H3;1-5,8-9H;1-4H,8H2;1H3/i;;;;1D. The van der Waals surface area contributed by atoms with Crippen molar-refractivity contribution < 1.29 is 15.8 Å². The van der Waals surface area contributed by atoms with Crippen molar-refractivity contribution in [2.24, 2.45) is 0 Å². The zero-order chi connectivity index (χ0) is 31.9. The zero-order valence-electron chi connectivity index (χ0n) is 24.5. The molecule has 6 nitrogen and oxygen atoms in total. The van der Waals surface area contributed by atoms with Crippen molar-refractivity contribution in [2.75, 3.05) is 37.6 Å². The van der Waals surface area contributed by atoms with E-state index in [1.807, 2.05) is 93.1 Å². The number of benzene rings is 4. The van der Waals surface area contributed by atoms with Gasteiger partial charge in [0.1, 0.15) is 0 Å². The van der Waals surface area contributed by atoms with E-state index in [1.54, 1.807) is 30.5 Å². The van der Waals surface area contributed by atoms with Crippen LogP contribution in [0.2, 0.25) is 0 Å². The third-order valence-electron chi connectivity index (χ3n) is 5.21. The van der Waals surface area contributed by atoms with E-state index in [0.717, 1.165) is 31.6 Å². The van der Waals surface area contributed by atoms with Gasteiger partial charge in [0.05, 0.1) is 8.52 Å². The van der Waals surface area contributed by atoms with Crippen molar-refractivity contribution in [1.29, 1.82) is 0 Å². The first kappa shape index (κ1) is 34.5. The zero-order valence-corrected chi connectivity index (χ0v) is 26.6. The highest BCUT2D eigenvalue weighted by Crippen LogP contribution is 2.21. The number of aromatic nitrogens is 1. The van der Waals surface area contributed by atoms with Crippen molar-refractivity contribution >= 4 is 61.5 Å². The quantitative estimate of drug-likeness (QED) is 0.100. The second-order valence-corrected chi connectivity index (χ2v) is 10.0. The number of nitrogens with two attached hydrogens (primary N) is 1. The van der Waals surface area contributed by atoms with Crippen molar-refractivity contribution in [3.05, 3.63) is 137 Å². The Morgan fingerprint density at radius 2 is 1.29 bits per heavy atom. The van der Waals surface area contributed by atoms with Gasteiger partial charge in [-0.3, -0.25) is 9.37 Å². The maximum Gasteiger partial charge on any atom is 0.488 e. The number of nitrogens with zero attached hydrogens (tertiary/aromatic N) is 1. The molecule has 42 heavy (non-hydrogen) atoms. The lowest BCUT2D eigenvalue weighted by atomic mass is 9.81. The summed E-state index contributed by atoms with van der Waals surface area (Å²) in [6.07, 6.45) is 3.65. The van der Waals surface area contributed by atoms with E-state index in [-0.39, 0.29) is 0 Å². The number of hydrogen-bond donors (Lipinski definition) is 5. The molecule has 0 aliphatic heterocycles. The Hall–Kier alpha value is -3.70. The molecule has 0 radical (unpaired) electrons. The van der Waals surface area contributed by atoms with Crippen LogP contribution in [0.25, 0.3) is 11.1 Å². The highest BCUT2D eigenvalue weighted by Gasteiger charge is 2.07. The Kier molecular flexibility index (Phi) is 18.1. The molecule has 220 valence electrons. The minimum Gasteiger partial charge on any atom is -0.423 e. The molecule has 0 saturated carbocycles. The summed E-state index contributed by atoms with van der Waals surface area (Å²) in [5.41, 5.74) is 11.3. The number of anilines is 3. The molecule has 0 aliphatic carbocycles. The number of hydrogen-bond acceptors (Lipinski definition) is 6. The molecule has 0 fully saturated rings. The van der Waals surface area contributed by atoms with Crippen LogP contribution in [0.5, 0.6) is 0 Å². The van der Waals surface area contributed by atoms with Crippen LogP contribution in [0, 0.1) is 0 Å². The number of rotatable bonds is 4. The molecule has 0 unspecified atom stereocenters. The van der Waals surface area contributed by atoms with E-state index < -0.39 is 14.3 Å². The number of halogens is 3. The molecule has 0 aliphatic rings. The maximum atomic E-state index is 9.96. The Labute approximate surface area is 266 Å². The Balaban J connectivity index is 0.000000285. The first-order valence-electron chi connectivity index (χ1n) is 13.3. The predicted molar refractivity (Wildman–Crippen MR) is 185 cm³/mol. The second kappa shape index (κ2) is 22.0. The fraction of sp³-hybridized carbons (Fsp3) is 0.0938. The largest absolute Gasteiger partial charge is 0.488 e. The molecule has 0 saturated heterocycles. The second-order valence-electron chi connectivity index (χ2n) is 8.17. The number of alkyl halides is 1. The molecular formula is C32H36BBr2FN4O2. The molecule has 6 N–H and O–H groups in total. The van der Waals surface area contributed by atoms with Crippen molar-refractivity contribution in [2.45, 2.75) is 0 Å². The van der Waals surface area contributed by atoms with E-state index in [9.17, 15) is 4.39 Å². The Morgan fingerprint density at radius 1 is 0.738 bits per heavy atom. The van der Waals surface area contributed by atoms with E-state index in [1.165, 1.54) is 5.56 Å². The average molecular weight is 699 g/mol. The van der Waals surface area contributed by atoms with Gasteiger partial charge in [0.2, 0.25) is 0 Å². The Morgan fingerprint density at radius 3 is 1.71 bits per heavy atom. The monoisotopic (exact) mass is 697 g/mol. The highest BCUT2D eigenvalue weighted by molar-refractivity contribution is 9.10. The van der Waals surface area contributed by atoms with Crippen LogP contribution in [0.1, 0.15) is 1.37 Å². The molecule has 0 spiro atoms. The van der Waals surface area contributed by atoms with Crippen LogP contribution < -0.4 is 21.8 Å². The SMILES string of the molecule is CNc1cccc(-c2cccnc2)c1.CNc1cccc(Br)c1.Nc1cccc(Br)c1.OB(O)c1ccccc1.[2H]CF. The molecular weight excluding hydrogens is 662 g/mol. The first-order chi connectivity index (χ1) is 20.7. The molecule has 1 heterocycles.